The van der Waals surface area contributed by atoms with Gasteiger partial charge in [0.05, 0.1) is 12.0 Å². The number of carbonyl (C=O) groups excluding carboxylic acids is 2. The fourth-order valence-corrected chi connectivity index (χ4v) is 4.28. The zero-order valence-corrected chi connectivity index (χ0v) is 18.8. The fourth-order valence-electron chi connectivity index (χ4n) is 3.61. The quantitative estimate of drug-likeness (QED) is 0.281. The van der Waals surface area contributed by atoms with E-state index in [1.807, 2.05) is 24.3 Å². The molecule has 3 aromatic rings. The van der Waals surface area contributed by atoms with E-state index in [1.54, 1.807) is 0 Å². The number of benzene rings is 2. The van der Waals surface area contributed by atoms with Gasteiger partial charge in [0.25, 0.3) is 0 Å². The largest absolute Gasteiger partial charge is 0.480 e. The number of carboxylic acid groups (broad SMARTS) is 1. The van der Waals surface area contributed by atoms with Crippen LogP contribution in [0.4, 0.5) is 10.1 Å². The maximum absolute atomic E-state index is 14.7. The van der Waals surface area contributed by atoms with E-state index < -0.39 is 36.0 Å². The Labute approximate surface area is 198 Å². The summed E-state index contributed by atoms with van der Waals surface area (Å²) in [6, 6.07) is 8.81. The zero-order chi connectivity index (χ0) is 24.2. The van der Waals surface area contributed by atoms with Crippen LogP contribution in [0, 0.1) is 5.82 Å². The van der Waals surface area contributed by atoms with Gasteiger partial charge in [-0.05, 0) is 60.8 Å². The average molecular weight is 485 g/mol. The van der Waals surface area contributed by atoms with Gasteiger partial charge in [-0.25, -0.2) is 9.37 Å². The summed E-state index contributed by atoms with van der Waals surface area (Å²) in [5, 5.41) is 9.17. The first-order chi connectivity index (χ1) is 16.4. The number of halogens is 1. The van der Waals surface area contributed by atoms with Crippen LogP contribution in [0.1, 0.15) is 29.6 Å². The third-order valence-electron chi connectivity index (χ3n) is 5.39. The van der Waals surface area contributed by atoms with Gasteiger partial charge in [-0.1, -0.05) is 0 Å². The summed E-state index contributed by atoms with van der Waals surface area (Å²) in [6.45, 7) is 2.08. The van der Waals surface area contributed by atoms with Crippen molar-refractivity contribution in [2.45, 2.75) is 25.3 Å². The standard InChI is InChI=1S/C23H21FN4O5S/c24-17-10-14(9-15(12-29)20(17)33-19(30)11-18(25)23(31)32)22-26-21(27-34-22)13-3-5-16(6-4-13)28-7-1-2-8-28/h3-6,9-10,12,18H,1-2,7-8,11,25H2,(H,31,32)/t18-/m0/s1. The van der Waals surface area contributed by atoms with Gasteiger partial charge in [0.2, 0.25) is 0 Å². The molecule has 1 aliphatic heterocycles. The lowest BCUT2D eigenvalue weighted by Crippen LogP contribution is -2.34. The number of nitrogens with zero attached hydrogens (tertiary/aromatic N) is 3. The molecule has 0 unspecified atom stereocenters. The highest BCUT2D eigenvalue weighted by molar-refractivity contribution is 7.09. The Kier molecular flexibility index (Phi) is 6.94. The molecule has 1 aliphatic rings. The second-order valence-electron chi connectivity index (χ2n) is 7.78. The van der Waals surface area contributed by atoms with Crippen LogP contribution in [0.15, 0.2) is 36.4 Å². The third-order valence-corrected chi connectivity index (χ3v) is 6.15. The maximum Gasteiger partial charge on any atom is 0.321 e. The van der Waals surface area contributed by atoms with E-state index in [0.29, 0.717) is 22.7 Å². The van der Waals surface area contributed by atoms with Crippen LogP contribution in [0.3, 0.4) is 0 Å². The SMILES string of the molecule is N[C@@H](CC(=O)Oc1c(F)cc(-c2nc(-c3ccc(N4CCCC4)cc3)ns2)cc1C=O)C(=O)O. The van der Waals surface area contributed by atoms with Crippen molar-refractivity contribution in [2.24, 2.45) is 5.73 Å². The lowest BCUT2D eigenvalue weighted by molar-refractivity contribution is -0.143. The molecular formula is C23H21FN4O5S. The lowest BCUT2D eigenvalue weighted by Gasteiger charge is -2.17. The molecule has 0 aliphatic carbocycles. The predicted molar refractivity (Wildman–Crippen MR) is 123 cm³/mol. The second-order valence-corrected chi connectivity index (χ2v) is 8.53. The van der Waals surface area contributed by atoms with Crippen LogP contribution in [0.5, 0.6) is 5.75 Å². The molecule has 0 radical (unpaired) electrons. The number of hydrogen-bond donors (Lipinski definition) is 2. The number of rotatable bonds is 8. The smallest absolute Gasteiger partial charge is 0.321 e. The number of aliphatic carboxylic acids is 1. The Hall–Kier alpha value is -3.70. The van der Waals surface area contributed by atoms with Crippen LogP contribution in [0.25, 0.3) is 22.0 Å². The number of nitrogens with two attached hydrogens (primary N) is 1. The first kappa shape index (κ1) is 23.5. The van der Waals surface area contributed by atoms with E-state index in [0.717, 1.165) is 41.9 Å². The van der Waals surface area contributed by atoms with E-state index in [4.69, 9.17) is 15.6 Å². The van der Waals surface area contributed by atoms with Gasteiger partial charge in [0.1, 0.15) is 11.0 Å². The average Bonchev–Trinajstić information content (AvgIpc) is 3.53. The molecule has 0 saturated carbocycles. The number of aldehydes is 1. The molecule has 1 saturated heterocycles. The summed E-state index contributed by atoms with van der Waals surface area (Å²) in [7, 11) is 0. The second kappa shape index (κ2) is 10.1. The van der Waals surface area contributed by atoms with Gasteiger partial charge >= 0.3 is 11.9 Å². The summed E-state index contributed by atoms with van der Waals surface area (Å²) in [6.07, 6.45) is 2.04. The minimum absolute atomic E-state index is 0.223. The highest BCUT2D eigenvalue weighted by Gasteiger charge is 2.22. The number of hydrogen-bond acceptors (Lipinski definition) is 9. The summed E-state index contributed by atoms with van der Waals surface area (Å²) >= 11 is 1.04. The highest BCUT2D eigenvalue weighted by Crippen LogP contribution is 2.32. The molecule has 3 N–H and O–H groups in total. The molecule has 9 nitrogen and oxygen atoms in total. The van der Waals surface area contributed by atoms with E-state index in [9.17, 15) is 18.8 Å². The zero-order valence-electron chi connectivity index (χ0n) is 17.9. The Bertz CT molecular complexity index is 1220. The van der Waals surface area contributed by atoms with Gasteiger partial charge in [0.15, 0.2) is 23.7 Å². The predicted octanol–water partition coefficient (Wildman–Crippen LogP) is 3.13. The molecule has 0 amide bonds. The van der Waals surface area contributed by atoms with Gasteiger partial charge in [0, 0.05) is 29.9 Å². The van der Waals surface area contributed by atoms with Gasteiger partial charge in [-0.15, -0.1) is 0 Å². The lowest BCUT2D eigenvalue weighted by atomic mass is 10.1. The van der Waals surface area contributed by atoms with E-state index in [1.165, 1.54) is 18.9 Å². The molecular weight excluding hydrogens is 463 g/mol. The minimum Gasteiger partial charge on any atom is -0.480 e. The van der Waals surface area contributed by atoms with Crippen molar-refractivity contribution in [2.75, 3.05) is 18.0 Å². The number of carboxylic acids is 1. The van der Waals surface area contributed by atoms with Crippen LogP contribution in [-0.4, -0.2) is 51.8 Å². The molecule has 1 aromatic heterocycles. The van der Waals surface area contributed by atoms with Crippen LogP contribution >= 0.6 is 11.5 Å². The first-order valence-corrected chi connectivity index (χ1v) is 11.3. The molecule has 4 rings (SSSR count). The van der Waals surface area contributed by atoms with E-state index in [-0.39, 0.29) is 5.56 Å². The van der Waals surface area contributed by atoms with E-state index >= 15 is 0 Å². The Balaban J connectivity index is 1.53. The first-order valence-electron chi connectivity index (χ1n) is 10.5. The van der Waals surface area contributed by atoms with Gasteiger partial charge in [-0.3, -0.25) is 14.4 Å². The van der Waals surface area contributed by atoms with Crippen LogP contribution in [0.2, 0.25) is 0 Å². The molecule has 0 spiro atoms. The normalized spacial score (nSPS) is 14.1. The number of aromatic nitrogens is 2. The molecule has 2 heterocycles. The van der Waals surface area contributed by atoms with Crippen molar-refractivity contribution >= 4 is 35.4 Å². The number of esters is 1. The highest BCUT2D eigenvalue weighted by atomic mass is 32.1. The molecule has 176 valence electrons. The molecule has 2 aromatic carbocycles. The maximum atomic E-state index is 14.7. The number of anilines is 1. The monoisotopic (exact) mass is 484 g/mol. The summed E-state index contributed by atoms with van der Waals surface area (Å²) in [4.78, 5) is 41.0. The van der Waals surface area contributed by atoms with Crippen LogP contribution < -0.4 is 15.4 Å². The minimum atomic E-state index is -1.50. The van der Waals surface area contributed by atoms with Crippen molar-refractivity contribution in [1.29, 1.82) is 0 Å². The molecule has 1 atom stereocenters. The summed E-state index contributed by atoms with van der Waals surface area (Å²) in [5.74, 6) is -3.56. The van der Waals surface area contributed by atoms with Crippen LogP contribution in [-0.2, 0) is 9.59 Å². The number of carbonyl (C=O) groups is 3. The van der Waals surface area contributed by atoms with Crippen molar-refractivity contribution in [3.63, 3.8) is 0 Å². The van der Waals surface area contributed by atoms with Gasteiger partial charge < -0.3 is 20.5 Å². The van der Waals surface area contributed by atoms with Crippen molar-refractivity contribution in [3.8, 4) is 27.7 Å². The Morgan fingerprint density at radius 1 is 1.21 bits per heavy atom. The third kappa shape index (κ3) is 5.10. The Morgan fingerprint density at radius 2 is 1.91 bits per heavy atom. The van der Waals surface area contributed by atoms with E-state index in [2.05, 4.69) is 14.3 Å². The molecule has 1 fully saturated rings. The Morgan fingerprint density at radius 3 is 2.56 bits per heavy atom. The molecule has 0 bridgehead atoms. The summed E-state index contributed by atoms with van der Waals surface area (Å²) < 4.78 is 24.0. The summed E-state index contributed by atoms with van der Waals surface area (Å²) in [5.41, 5.74) is 7.31. The van der Waals surface area contributed by atoms with Gasteiger partial charge in [-0.2, -0.15) is 4.37 Å². The molecule has 11 heteroatoms. The van der Waals surface area contributed by atoms with Crippen molar-refractivity contribution in [1.82, 2.24) is 9.36 Å². The molecule has 34 heavy (non-hydrogen) atoms. The fraction of sp³-hybridized carbons (Fsp3) is 0.261. The number of ether oxygens (including phenoxy) is 1. The topological polar surface area (TPSA) is 136 Å². The van der Waals surface area contributed by atoms with Crippen molar-refractivity contribution < 1.29 is 28.6 Å². The van der Waals surface area contributed by atoms with Crippen molar-refractivity contribution in [3.05, 3.63) is 47.8 Å².